The number of terminal acetylenes is 2. The number of alkyl halides is 3. The van der Waals surface area contributed by atoms with Crippen LogP contribution >= 0.6 is 0 Å². The summed E-state index contributed by atoms with van der Waals surface area (Å²) in [5.41, 5.74) is 0.769. The molecule has 1 aromatic carbocycles. The maximum absolute atomic E-state index is 13.9. The first-order valence-corrected chi connectivity index (χ1v) is 17.0. The number of likely N-dealkylation sites (N-methyl/N-ethyl adjacent to an activating group) is 2. The van der Waals surface area contributed by atoms with Gasteiger partial charge in [0.15, 0.2) is 0 Å². The lowest BCUT2D eigenvalue weighted by Crippen LogP contribution is -2.57. The van der Waals surface area contributed by atoms with Crippen molar-refractivity contribution in [2.45, 2.75) is 102 Å². The molecule has 3 amide bonds. The molecular formula is C37H53F3N4O5. The highest BCUT2D eigenvalue weighted by Crippen LogP contribution is 2.29. The van der Waals surface area contributed by atoms with Gasteiger partial charge >= 0.3 is 6.18 Å². The molecule has 0 saturated heterocycles. The van der Waals surface area contributed by atoms with Gasteiger partial charge in [-0.3, -0.25) is 19.3 Å². The number of carbonyl (C=O) groups excluding carboxylic acids is 3. The lowest BCUT2D eigenvalue weighted by atomic mass is 9.82. The van der Waals surface area contributed by atoms with E-state index in [0.717, 1.165) is 42.6 Å². The standard InChI is InChI=1S/C37H53F3N4O5/c1-6-8-19-31(45)34(47)30(23-28-17-13-10-14-18-28)41-36(49)33(26(3)7-2)42-35(48)29(22-27-15-11-9-12-16-27)24-32(46)44(5)21-20-43(4)25-37(38,39)40/h1-2,9,11-12,15-16,26,28-31,33-34,45,47H,8,10,13-14,17-25H2,3-5H3,(H,41,49)(H,42,48)/t26?,29?,30?,31?,33-,34+/m0/s1. The molecule has 4 unspecified atom stereocenters. The van der Waals surface area contributed by atoms with Gasteiger partial charge in [0.05, 0.1) is 24.6 Å². The van der Waals surface area contributed by atoms with Crippen molar-refractivity contribution in [1.82, 2.24) is 20.4 Å². The Labute approximate surface area is 289 Å². The molecule has 0 heterocycles. The highest BCUT2D eigenvalue weighted by molar-refractivity contribution is 5.91. The quantitative estimate of drug-likeness (QED) is 0.165. The van der Waals surface area contributed by atoms with Crippen molar-refractivity contribution in [3.8, 4) is 24.7 Å². The third-order valence-corrected chi connectivity index (χ3v) is 9.18. The van der Waals surface area contributed by atoms with E-state index in [0.29, 0.717) is 6.42 Å². The molecule has 12 heteroatoms. The SMILES string of the molecule is C#CCCC(O)[C@H](O)C(CC1CCCCC1)NC(=O)[C@@H](NC(=O)C(CC(=O)N(C)CCN(C)CC(F)(F)F)Cc1ccccc1)C(C)C#C. The Hall–Kier alpha value is -3.58. The Morgan fingerprint density at radius 1 is 1.00 bits per heavy atom. The van der Waals surface area contributed by atoms with Crippen molar-refractivity contribution in [3.63, 3.8) is 0 Å². The summed E-state index contributed by atoms with van der Waals surface area (Å²) in [6, 6.07) is 6.96. The van der Waals surface area contributed by atoms with Gasteiger partial charge in [0.2, 0.25) is 17.7 Å². The number of aliphatic hydroxyl groups excluding tert-OH is 2. The summed E-state index contributed by atoms with van der Waals surface area (Å²) in [6.07, 6.45) is 10.0. The Morgan fingerprint density at radius 3 is 2.24 bits per heavy atom. The van der Waals surface area contributed by atoms with Gasteiger partial charge in [-0.15, -0.1) is 24.7 Å². The number of rotatable bonds is 19. The number of hydrogen-bond donors (Lipinski definition) is 4. The maximum atomic E-state index is 13.9. The fourth-order valence-electron chi connectivity index (χ4n) is 6.15. The zero-order chi connectivity index (χ0) is 36.6. The fraction of sp³-hybridized carbons (Fsp3) is 0.649. The first-order valence-electron chi connectivity index (χ1n) is 17.0. The number of amides is 3. The molecule has 2 rings (SSSR count). The lowest BCUT2D eigenvalue weighted by Gasteiger charge is -2.34. The molecule has 0 aliphatic heterocycles. The van der Waals surface area contributed by atoms with E-state index in [1.54, 1.807) is 31.2 Å². The molecule has 6 atom stereocenters. The molecule has 1 aliphatic rings. The average molecular weight is 691 g/mol. The van der Waals surface area contributed by atoms with Crippen molar-refractivity contribution in [3.05, 3.63) is 35.9 Å². The van der Waals surface area contributed by atoms with Crippen molar-refractivity contribution < 1.29 is 37.8 Å². The van der Waals surface area contributed by atoms with E-state index in [-0.39, 0.29) is 44.7 Å². The molecule has 4 N–H and O–H groups in total. The minimum Gasteiger partial charge on any atom is -0.390 e. The maximum Gasteiger partial charge on any atom is 0.401 e. The number of carbonyl (C=O) groups is 3. The van der Waals surface area contributed by atoms with E-state index in [9.17, 15) is 37.8 Å². The number of aliphatic hydroxyl groups is 2. The highest BCUT2D eigenvalue weighted by Gasteiger charge is 2.36. The van der Waals surface area contributed by atoms with Crippen LogP contribution in [0, 0.1) is 42.4 Å². The van der Waals surface area contributed by atoms with E-state index in [4.69, 9.17) is 12.8 Å². The first-order chi connectivity index (χ1) is 23.1. The number of benzene rings is 1. The van der Waals surface area contributed by atoms with Crippen molar-refractivity contribution in [2.75, 3.05) is 33.7 Å². The van der Waals surface area contributed by atoms with Crippen molar-refractivity contribution in [2.24, 2.45) is 17.8 Å². The summed E-state index contributed by atoms with van der Waals surface area (Å²) < 4.78 is 38.3. The second kappa shape index (κ2) is 20.8. The Balaban J connectivity index is 2.25. The molecular weight excluding hydrogens is 637 g/mol. The highest BCUT2D eigenvalue weighted by atomic mass is 19.4. The van der Waals surface area contributed by atoms with E-state index < -0.39 is 66.6 Å². The van der Waals surface area contributed by atoms with Gasteiger partial charge in [-0.2, -0.15) is 13.2 Å². The van der Waals surface area contributed by atoms with Gasteiger partial charge in [0.25, 0.3) is 0 Å². The number of hydrogen-bond acceptors (Lipinski definition) is 6. The molecule has 0 spiro atoms. The monoisotopic (exact) mass is 690 g/mol. The van der Waals surface area contributed by atoms with E-state index in [2.05, 4.69) is 22.5 Å². The van der Waals surface area contributed by atoms with Gasteiger partial charge in [0, 0.05) is 38.9 Å². The zero-order valence-electron chi connectivity index (χ0n) is 28.9. The first kappa shape index (κ1) is 41.6. The average Bonchev–Trinajstić information content (AvgIpc) is 3.07. The Morgan fingerprint density at radius 2 is 1.65 bits per heavy atom. The van der Waals surface area contributed by atoms with Gasteiger partial charge in [-0.25, -0.2) is 0 Å². The molecule has 1 fully saturated rings. The summed E-state index contributed by atoms with van der Waals surface area (Å²) >= 11 is 0. The summed E-state index contributed by atoms with van der Waals surface area (Å²) in [4.78, 5) is 43.3. The van der Waals surface area contributed by atoms with Crippen LogP contribution in [-0.4, -0.2) is 102 Å². The van der Waals surface area contributed by atoms with E-state index in [1.165, 1.54) is 19.0 Å². The van der Waals surface area contributed by atoms with Crippen LogP contribution in [0.1, 0.15) is 70.3 Å². The number of nitrogens with zero attached hydrogens (tertiary/aromatic N) is 2. The number of halogens is 3. The van der Waals surface area contributed by atoms with Crippen LogP contribution in [0.5, 0.6) is 0 Å². The van der Waals surface area contributed by atoms with Crippen LogP contribution in [0.4, 0.5) is 13.2 Å². The van der Waals surface area contributed by atoms with Crippen LogP contribution in [0.3, 0.4) is 0 Å². The minimum absolute atomic E-state index is 0.0160. The molecule has 0 radical (unpaired) electrons. The van der Waals surface area contributed by atoms with Gasteiger partial charge in [-0.1, -0.05) is 62.4 Å². The molecule has 272 valence electrons. The summed E-state index contributed by atoms with van der Waals surface area (Å²) in [5, 5.41) is 27.4. The van der Waals surface area contributed by atoms with Crippen LogP contribution < -0.4 is 10.6 Å². The van der Waals surface area contributed by atoms with Gasteiger partial charge in [0.1, 0.15) is 12.1 Å². The van der Waals surface area contributed by atoms with Crippen LogP contribution in [0.2, 0.25) is 0 Å². The predicted molar refractivity (Wildman–Crippen MR) is 183 cm³/mol. The zero-order valence-corrected chi connectivity index (χ0v) is 28.9. The topological polar surface area (TPSA) is 122 Å². The minimum atomic E-state index is -4.37. The number of nitrogens with one attached hydrogen (secondary N) is 2. The lowest BCUT2D eigenvalue weighted by molar-refractivity contribution is -0.144. The second-order valence-corrected chi connectivity index (χ2v) is 13.4. The van der Waals surface area contributed by atoms with Crippen LogP contribution in [-0.2, 0) is 20.8 Å². The molecule has 9 nitrogen and oxygen atoms in total. The summed E-state index contributed by atoms with van der Waals surface area (Å²) in [7, 11) is 2.78. The molecule has 0 aromatic heterocycles. The molecule has 49 heavy (non-hydrogen) atoms. The van der Waals surface area contributed by atoms with Gasteiger partial charge < -0.3 is 25.7 Å². The second-order valence-electron chi connectivity index (χ2n) is 13.4. The third kappa shape index (κ3) is 15.2. The van der Waals surface area contributed by atoms with Gasteiger partial charge in [-0.05, 0) is 44.7 Å². The fourth-order valence-corrected chi connectivity index (χ4v) is 6.15. The summed E-state index contributed by atoms with van der Waals surface area (Å²) in [5.74, 6) is 1.81. The largest absolute Gasteiger partial charge is 0.401 e. The third-order valence-electron chi connectivity index (χ3n) is 9.18. The predicted octanol–water partition coefficient (Wildman–Crippen LogP) is 3.53. The molecule has 0 bridgehead atoms. The Kier molecular flexibility index (Phi) is 17.7. The normalized spacial score (nSPS) is 17.4. The van der Waals surface area contributed by atoms with Crippen LogP contribution in [0.25, 0.3) is 0 Å². The van der Waals surface area contributed by atoms with E-state index in [1.807, 2.05) is 6.07 Å². The smallest absolute Gasteiger partial charge is 0.390 e. The Bertz CT molecular complexity index is 1260. The molecule has 1 aliphatic carbocycles. The van der Waals surface area contributed by atoms with Crippen LogP contribution in [0.15, 0.2) is 30.3 Å². The molecule has 1 saturated carbocycles. The van der Waals surface area contributed by atoms with Crippen molar-refractivity contribution in [1.29, 1.82) is 0 Å². The summed E-state index contributed by atoms with van der Waals surface area (Å²) in [6.45, 7) is 0.474. The molecule has 1 aromatic rings. The van der Waals surface area contributed by atoms with Crippen molar-refractivity contribution >= 4 is 17.7 Å². The van der Waals surface area contributed by atoms with E-state index >= 15 is 0 Å².